The van der Waals surface area contributed by atoms with Crippen LogP contribution in [-0.2, 0) is 6.42 Å². The highest BCUT2D eigenvalue weighted by atomic mass is 35.5. The molecule has 1 aromatic carbocycles. The zero-order valence-electron chi connectivity index (χ0n) is 9.02. The van der Waals surface area contributed by atoms with Gasteiger partial charge in [-0.2, -0.15) is 0 Å². The van der Waals surface area contributed by atoms with Crippen LogP contribution in [0.15, 0.2) is 18.2 Å². The molecule has 0 aromatic heterocycles. The first-order chi connectivity index (χ1) is 7.24. The summed E-state index contributed by atoms with van der Waals surface area (Å²) in [6.45, 7) is 1.10. The lowest BCUT2D eigenvalue weighted by molar-refractivity contribution is 0.642. The Morgan fingerprint density at radius 1 is 1.07 bits per heavy atom. The Bertz CT molecular complexity index is 300. The summed E-state index contributed by atoms with van der Waals surface area (Å²) in [5.74, 6) is 0. The first kappa shape index (κ1) is 12.8. The predicted octanol–water partition coefficient (Wildman–Crippen LogP) is 3.93. The van der Waals surface area contributed by atoms with Crippen molar-refractivity contribution in [3.8, 4) is 0 Å². The van der Waals surface area contributed by atoms with E-state index in [4.69, 9.17) is 23.2 Å². The second-order valence-electron chi connectivity index (χ2n) is 3.66. The van der Waals surface area contributed by atoms with Crippen molar-refractivity contribution in [2.75, 3.05) is 13.6 Å². The molecular formula is C12H17Cl2N. The molecule has 0 fully saturated rings. The summed E-state index contributed by atoms with van der Waals surface area (Å²) in [4.78, 5) is 0. The molecule has 0 spiro atoms. The molecule has 1 aromatic rings. The molecule has 0 aliphatic carbocycles. The van der Waals surface area contributed by atoms with E-state index >= 15 is 0 Å². The molecule has 1 nitrogen and oxygen atoms in total. The summed E-state index contributed by atoms with van der Waals surface area (Å²) in [7, 11) is 1.99. The third kappa shape index (κ3) is 4.87. The Hall–Kier alpha value is -0.240. The van der Waals surface area contributed by atoms with Gasteiger partial charge in [0.2, 0.25) is 0 Å². The highest BCUT2D eigenvalue weighted by molar-refractivity contribution is 6.42. The number of hydrogen-bond acceptors (Lipinski definition) is 1. The smallest absolute Gasteiger partial charge is 0.0595 e. The van der Waals surface area contributed by atoms with Crippen LogP contribution < -0.4 is 5.32 Å². The van der Waals surface area contributed by atoms with Crippen LogP contribution in [0.3, 0.4) is 0 Å². The minimum atomic E-state index is 0.635. The van der Waals surface area contributed by atoms with Crippen molar-refractivity contribution in [1.29, 1.82) is 0 Å². The molecule has 0 heterocycles. The van der Waals surface area contributed by atoms with E-state index in [1.165, 1.54) is 24.8 Å². The third-order valence-electron chi connectivity index (χ3n) is 2.38. The summed E-state index contributed by atoms with van der Waals surface area (Å²) in [5.41, 5.74) is 1.27. The summed E-state index contributed by atoms with van der Waals surface area (Å²) < 4.78 is 0. The van der Waals surface area contributed by atoms with Crippen LogP contribution in [0, 0.1) is 0 Å². The van der Waals surface area contributed by atoms with Gasteiger partial charge in [-0.15, -0.1) is 0 Å². The van der Waals surface area contributed by atoms with Gasteiger partial charge in [0.25, 0.3) is 0 Å². The first-order valence-corrected chi connectivity index (χ1v) is 6.08. The van der Waals surface area contributed by atoms with E-state index in [0.717, 1.165) is 13.0 Å². The van der Waals surface area contributed by atoms with Crippen LogP contribution in [0.1, 0.15) is 24.8 Å². The van der Waals surface area contributed by atoms with Gasteiger partial charge in [-0.05, 0) is 50.6 Å². The lowest BCUT2D eigenvalue weighted by atomic mass is 10.1. The van der Waals surface area contributed by atoms with Gasteiger partial charge in [0.1, 0.15) is 0 Å². The Kier molecular flexibility index (Phi) is 6.07. The van der Waals surface area contributed by atoms with Gasteiger partial charge >= 0.3 is 0 Å². The maximum Gasteiger partial charge on any atom is 0.0595 e. The summed E-state index contributed by atoms with van der Waals surface area (Å²) in [5, 5.41) is 4.44. The highest BCUT2D eigenvalue weighted by Crippen LogP contribution is 2.23. The Balaban J connectivity index is 2.28. The minimum Gasteiger partial charge on any atom is -0.320 e. The SMILES string of the molecule is CNCCCCCc1ccc(Cl)c(Cl)c1. The normalized spacial score (nSPS) is 10.6. The van der Waals surface area contributed by atoms with Crippen molar-refractivity contribution in [3.05, 3.63) is 33.8 Å². The molecule has 84 valence electrons. The van der Waals surface area contributed by atoms with Gasteiger partial charge in [-0.3, -0.25) is 0 Å². The van der Waals surface area contributed by atoms with Crippen LogP contribution in [0.4, 0.5) is 0 Å². The van der Waals surface area contributed by atoms with Crippen molar-refractivity contribution < 1.29 is 0 Å². The lowest BCUT2D eigenvalue weighted by Gasteiger charge is -2.03. The van der Waals surface area contributed by atoms with Crippen LogP contribution in [0.2, 0.25) is 10.0 Å². The van der Waals surface area contributed by atoms with Gasteiger partial charge in [0, 0.05) is 0 Å². The van der Waals surface area contributed by atoms with Gasteiger partial charge in [0.15, 0.2) is 0 Å². The van der Waals surface area contributed by atoms with E-state index < -0.39 is 0 Å². The predicted molar refractivity (Wildman–Crippen MR) is 67.9 cm³/mol. The number of rotatable bonds is 6. The van der Waals surface area contributed by atoms with Crippen molar-refractivity contribution in [2.45, 2.75) is 25.7 Å². The largest absolute Gasteiger partial charge is 0.320 e. The number of nitrogens with one attached hydrogen (secondary N) is 1. The maximum atomic E-state index is 5.93. The third-order valence-corrected chi connectivity index (χ3v) is 3.12. The zero-order valence-corrected chi connectivity index (χ0v) is 10.5. The second kappa shape index (κ2) is 7.10. The summed E-state index contributed by atoms with van der Waals surface area (Å²) in [6, 6.07) is 5.88. The molecule has 3 heteroatoms. The molecule has 0 saturated heterocycles. The molecule has 0 amide bonds. The van der Waals surface area contributed by atoms with E-state index in [2.05, 4.69) is 5.32 Å². The van der Waals surface area contributed by atoms with E-state index in [1.54, 1.807) is 0 Å². The average molecular weight is 246 g/mol. The molecule has 0 bridgehead atoms. The van der Waals surface area contributed by atoms with Crippen molar-refractivity contribution in [3.63, 3.8) is 0 Å². The number of hydrogen-bond donors (Lipinski definition) is 1. The Morgan fingerprint density at radius 2 is 1.87 bits per heavy atom. The molecule has 0 aliphatic rings. The van der Waals surface area contributed by atoms with E-state index in [9.17, 15) is 0 Å². The number of benzene rings is 1. The fourth-order valence-corrected chi connectivity index (χ4v) is 1.82. The van der Waals surface area contributed by atoms with Crippen LogP contribution >= 0.6 is 23.2 Å². The van der Waals surface area contributed by atoms with Crippen molar-refractivity contribution >= 4 is 23.2 Å². The number of unbranched alkanes of at least 4 members (excludes halogenated alkanes) is 2. The maximum absolute atomic E-state index is 5.93. The first-order valence-electron chi connectivity index (χ1n) is 5.32. The monoisotopic (exact) mass is 245 g/mol. The fourth-order valence-electron chi connectivity index (χ4n) is 1.50. The molecule has 0 saturated carbocycles. The van der Waals surface area contributed by atoms with E-state index in [1.807, 2.05) is 25.2 Å². The van der Waals surface area contributed by atoms with Crippen molar-refractivity contribution in [2.24, 2.45) is 0 Å². The molecule has 0 atom stereocenters. The zero-order chi connectivity index (χ0) is 11.1. The molecule has 1 N–H and O–H groups in total. The molecular weight excluding hydrogens is 229 g/mol. The van der Waals surface area contributed by atoms with Gasteiger partial charge in [-0.1, -0.05) is 35.7 Å². The van der Waals surface area contributed by atoms with Gasteiger partial charge < -0.3 is 5.32 Å². The second-order valence-corrected chi connectivity index (χ2v) is 4.48. The highest BCUT2D eigenvalue weighted by Gasteiger charge is 1.99. The number of halogens is 2. The molecule has 0 unspecified atom stereocenters. The van der Waals surface area contributed by atoms with E-state index in [-0.39, 0.29) is 0 Å². The average Bonchev–Trinajstić information content (AvgIpc) is 2.23. The van der Waals surface area contributed by atoms with Gasteiger partial charge in [-0.25, -0.2) is 0 Å². The molecule has 1 rings (SSSR count). The Labute approximate surface area is 102 Å². The molecule has 0 radical (unpaired) electrons. The number of aryl methyl sites for hydroxylation is 1. The summed E-state index contributed by atoms with van der Waals surface area (Å²) >= 11 is 11.8. The summed E-state index contributed by atoms with van der Waals surface area (Å²) in [6.07, 6.45) is 4.78. The van der Waals surface area contributed by atoms with Crippen molar-refractivity contribution in [1.82, 2.24) is 5.32 Å². The fraction of sp³-hybridized carbons (Fsp3) is 0.500. The topological polar surface area (TPSA) is 12.0 Å². The van der Waals surface area contributed by atoms with Gasteiger partial charge in [0.05, 0.1) is 10.0 Å². The van der Waals surface area contributed by atoms with Crippen LogP contribution in [-0.4, -0.2) is 13.6 Å². The molecule has 0 aliphatic heterocycles. The quantitative estimate of drug-likeness (QED) is 0.750. The molecule has 15 heavy (non-hydrogen) atoms. The lowest BCUT2D eigenvalue weighted by Crippen LogP contribution is -2.07. The minimum absolute atomic E-state index is 0.635. The van der Waals surface area contributed by atoms with Crippen LogP contribution in [0.5, 0.6) is 0 Å². The standard InChI is InChI=1S/C12H17Cl2N/c1-15-8-4-2-3-5-10-6-7-11(13)12(14)9-10/h6-7,9,15H,2-5,8H2,1H3. The van der Waals surface area contributed by atoms with E-state index in [0.29, 0.717) is 10.0 Å². The van der Waals surface area contributed by atoms with Crippen LogP contribution in [0.25, 0.3) is 0 Å². The Morgan fingerprint density at radius 3 is 2.53 bits per heavy atom.